The fourth-order valence-corrected chi connectivity index (χ4v) is 1.55. The van der Waals surface area contributed by atoms with Crippen LogP contribution in [0.3, 0.4) is 0 Å². The first-order chi connectivity index (χ1) is 6.64. The summed E-state index contributed by atoms with van der Waals surface area (Å²) in [6.45, 7) is 7.89. The van der Waals surface area contributed by atoms with Gasteiger partial charge in [-0.3, -0.25) is 0 Å². The molecule has 1 heterocycles. The van der Waals surface area contributed by atoms with E-state index in [1.54, 1.807) is 0 Å². The largest absolute Gasteiger partial charge is 0.381 e. The topological polar surface area (TPSA) is 18.5 Å². The van der Waals surface area contributed by atoms with Crippen molar-refractivity contribution in [2.75, 3.05) is 32.2 Å². The van der Waals surface area contributed by atoms with E-state index in [9.17, 15) is 0 Å². The molecule has 0 N–H and O–H groups in total. The van der Waals surface area contributed by atoms with E-state index >= 15 is 0 Å². The molecule has 0 aromatic carbocycles. The van der Waals surface area contributed by atoms with E-state index in [2.05, 4.69) is 26.5 Å². The minimum atomic E-state index is 0.203. The third kappa shape index (κ3) is 4.67. The lowest BCUT2D eigenvalue weighted by molar-refractivity contribution is 0.00249. The molecule has 0 aromatic heterocycles. The van der Waals surface area contributed by atoms with Gasteiger partial charge in [-0.1, -0.05) is 13.8 Å². The van der Waals surface area contributed by atoms with Gasteiger partial charge in [-0.05, 0) is 29.9 Å². The first-order valence-corrected chi connectivity index (χ1v) is 6.04. The average Bonchev–Trinajstić information content (AvgIpc) is 2.19. The van der Waals surface area contributed by atoms with Crippen LogP contribution in [-0.4, -0.2) is 32.2 Å². The lowest BCUT2D eigenvalue weighted by Crippen LogP contribution is -2.25. The molecule has 0 spiro atoms. The van der Waals surface area contributed by atoms with Crippen LogP contribution in [0.25, 0.3) is 0 Å². The van der Waals surface area contributed by atoms with E-state index in [0.717, 1.165) is 45.0 Å². The zero-order chi connectivity index (χ0) is 10.4. The summed E-state index contributed by atoms with van der Waals surface area (Å²) in [7, 11) is 0. The molecule has 0 radical (unpaired) electrons. The van der Waals surface area contributed by atoms with E-state index in [1.807, 2.05) is 0 Å². The number of hydrogen-bond acceptors (Lipinski definition) is 3. The summed E-state index contributed by atoms with van der Waals surface area (Å²) in [6.07, 6.45) is 2.31. The molecule has 84 valence electrons. The molecule has 1 fully saturated rings. The van der Waals surface area contributed by atoms with Crippen molar-refractivity contribution in [1.82, 2.24) is 0 Å². The van der Waals surface area contributed by atoms with Crippen molar-refractivity contribution in [3.05, 3.63) is 0 Å². The summed E-state index contributed by atoms with van der Waals surface area (Å²) in [6, 6.07) is 0. The second kappa shape index (κ2) is 5.99. The predicted octanol–water partition coefficient (Wildman–Crippen LogP) is 2.39. The van der Waals surface area contributed by atoms with Gasteiger partial charge in [0.1, 0.15) is 0 Å². The van der Waals surface area contributed by atoms with Gasteiger partial charge in [-0.15, -0.1) is 0 Å². The Morgan fingerprint density at radius 2 is 2.00 bits per heavy atom. The summed E-state index contributed by atoms with van der Waals surface area (Å²) < 4.78 is 11.0. The van der Waals surface area contributed by atoms with E-state index in [0.29, 0.717) is 5.92 Å². The first-order valence-electron chi connectivity index (χ1n) is 5.40. The average molecular weight is 218 g/mol. The van der Waals surface area contributed by atoms with E-state index in [-0.39, 0.29) is 5.41 Å². The number of rotatable bonds is 5. The van der Waals surface area contributed by atoms with Crippen LogP contribution in [0.15, 0.2) is 0 Å². The van der Waals surface area contributed by atoms with Crippen molar-refractivity contribution in [3.8, 4) is 0 Å². The minimum Gasteiger partial charge on any atom is -0.381 e. The zero-order valence-electron chi connectivity index (χ0n) is 9.29. The second-order valence-corrected chi connectivity index (χ2v) is 5.21. The van der Waals surface area contributed by atoms with Crippen LogP contribution >= 0.6 is 12.6 Å². The van der Waals surface area contributed by atoms with Gasteiger partial charge in [0.15, 0.2) is 0 Å². The molecule has 14 heavy (non-hydrogen) atoms. The molecule has 0 bridgehead atoms. The highest BCUT2D eigenvalue weighted by atomic mass is 32.1. The van der Waals surface area contributed by atoms with Crippen molar-refractivity contribution < 1.29 is 9.47 Å². The summed E-state index contributed by atoms with van der Waals surface area (Å²) >= 11 is 4.30. The first kappa shape index (κ1) is 12.3. The normalized spacial score (nSPS) is 19.9. The Labute approximate surface area is 92.8 Å². The molecule has 2 nitrogen and oxygen atoms in total. The van der Waals surface area contributed by atoms with Crippen molar-refractivity contribution in [3.63, 3.8) is 0 Å². The minimum absolute atomic E-state index is 0.203. The molecular weight excluding hydrogens is 196 g/mol. The maximum atomic E-state index is 5.72. The Balaban J connectivity index is 2.08. The van der Waals surface area contributed by atoms with Gasteiger partial charge in [-0.25, -0.2) is 0 Å². The molecule has 0 aromatic rings. The van der Waals surface area contributed by atoms with Gasteiger partial charge in [0, 0.05) is 19.8 Å². The van der Waals surface area contributed by atoms with E-state index in [1.165, 1.54) is 0 Å². The monoisotopic (exact) mass is 218 g/mol. The summed E-state index contributed by atoms with van der Waals surface area (Å²) in [5.74, 6) is 1.58. The summed E-state index contributed by atoms with van der Waals surface area (Å²) in [5, 5.41) is 0. The van der Waals surface area contributed by atoms with Crippen LogP contribution in [0.5, 0.6) is 0 Å². The zero-order valence-corrected chi connectivity index (χ0v) is 10.2. The van der Waals surface area contributed by atoms with E-state index < -0.39 is 0 Å². The number of thiol groups is 1. The molecule has 0 saturated carbocycles. The van der Waals surface area contributed by atoms with Crippen LogP contribution in [-0.2, 0) is 9.47 Å². The lowest BCUT2D eigenvalue weighted by Gasteiger charge is -2.25. The summed E-state index contributed by atoms with van der Waals surface area (Å²) in [4.78, 5) is 0. The second-order valence-electron chi connectivity index (χ2n) is 4.89. The van der Waals surface area contributed by atoms with Crippen LogP contribution < -0.4 is 0 Å². The van der Waals surface area contributed by atoms with Crippen LogP contribution in [0.1, 0.15) is 26.7 Å². The van der Waals surface area contributed by atoms with Gasteiger partial charge in [0.2, 0.25) is 0 Å². The Morgan fingerprint density at radius 3 is 2.57 bits per heavy atom. The molecule has 1 saturated heterocycles. The molecule has 1 rings (SSSR count). The quantitative estimate of drug-likeness (QED) is 0.714. The lowest BCUT2D eigenvalue weighted by atomic mass is 9.97. The van der Waals surface area contributed by atoms with Crippen LogP contribution in [0.4, 0.5) is 0 Å². The van der Waals surface area contributed by atoms with Crippen molar-refractivity contribution >= 4 is 12.6 Å². The van der Waals surface area contributed by atoms with Crippen LogP contribution in [0, 0.1) is 11.3 Å². The highest BCUT2D eigenvalue weighted by Crippen LogP contribution is 2.19. The Bertz CT molecular complexity index is 153. The molecule has 1 aliphatic rings. The van der Waals surface area contributed by atoms with Crippen molar-refractivity contribution in [2.45, 2.75) is 26.7 Å². The fourth-order valence-electron chi connectivity index (χ4n) is 1.46. The molecule has 0 amide bonds. The maximum Gasteiger partial charge on any atom is 0.0525 e. The molecule has 1 aliphatic heterocycles. The van der Waals surface area contributed by atoms with Crippen molar-refractivity contribution in [1.29, 1.82) is 0 Å². The SMILES string of the molecule is CC(C)(CS)COCC1CCOCC1. The van der Waals surface area contributed by atoms with Gasteiger partial charge < -0.3 is 9.47 Å². The Hall–Kier alpha value is 0.270. The van der Waals surface area contributed by atoms with E-state index in [4.69, 9.17) is 9.47 Å². The number of ether oxygens (including phenoxy) is 2. The maximum absolute atomic E-state index is 5.72. The smallest absolute Gasteiger partial charge is 0.0525 e. The van der Waals surface area contributed by atoms with Gasteiger partial charge in [-0.2, -0.15) is 12.6 Å². The molecule has 0 unspecified atom stereocenters. The molecule has 3 heteroatoms. The third-order valence-corrected chi connectivity index (χ3v) is 3.47. The van der Waals surface area contributed by atoms with Gasteiger partial charge >= 0.3 is 0 Å². The third-order valence-electron chi connectivity index (χ3n) is 2.62. The number of hydrogen-bond donors (Lipinski definition) is 1. The Morgan fingerprint density at radius 1 is 1.36 bits per heavy atom. The van der Waals surface area contributed by atoms with Crippen LogP contribution in [0.2, 0.25) is 0 Å². The highest BCUT2D eigenvalue weighted by molar-refractivity contribution is 7.80. The predicted molar refractivity (Wildman–Crippen MR) is 62.0 cm³/mol. The highest BCUT2D eigenvalue weighted by Gasteiger charge is 2.18. The van der Waals surface area contributed by atoms with Crippen molar-refractivity contribution in [2.24, 2.45) is 11.3 Å². The summed E-state index contributed by atoms with van der Waals surface area (Å²) in [5.41, 5.74) is 0.203. The molecule has 0 atom stereocenters. The fraction of sp³-hybridized carbons (Fsp3) is 1.00. The molecule has 0 aliphatic carbocycles. The standard InChI is InChI=1S/C11H22O2S/c1-11(2,9-14)8-13-7-10-3-5-12-6-4-10/h10,14H,3-9H2,1-2H3. The van der Waals surface area contributed by atoms with Gasteiger partial charge in [0.25, 0.3) is 0 Å². The van der Waals surface area contributed by atoms with Gasteiger partial charge in [0.05, 0.1) is 6.61 Å². The Kier molecular flexibility index (Phi) is 5.28. The molecular formula is C11H22O2S.